The van der Waals surface area contributed by atoms with E-state index in [0.29, 0.717) is 5.76 Å². The van der Waals surface area contributed by atoms with Crippen molar-refractivity contribution in [3.63, 3.8) is 0 Å². The van der Waals surface area contributed by atoms with Crippen molar-refractivity contribution in [2.75, 3.05) is 11.9 Å². The van der Waals surface area contributed by atoms with Crippen molar-refractivity contribution >= 4 is 17.7 Å². The average Bonchev–Trinajstić information content (AvgIpc) is 2.84. The van der Waals surface area contributed by atoms with E-state index >= 15 is 0 Å². The van der Waals surface area contributed by atoms with Crippen molar-refractivity contribution < 1.29 is 23.2 Å². The molecule has 6 nitrogen and oxygen atoms in total. The summed E-state index contributed by atoms with van der Waals surface area (Å²) in [5, 5.41) is 5.96. The minimum atomic E-state index is -0.688. The Labute approximate surface area is 119 Å². The van der Waals surface area contributed by atoms with E-state index < -0.39 is 24.3 Å². The van der Waals surface area contributed by atoms with Gasteiger partial charge in [0.15, 0.2) is 12.4 Å². The Morgan fingerprint density at radius 1 is 1.38 bits per heavy atom. The summed E-state index contributed by atoms with van der Waals surface area (Å²) in [6, 6.07) is 7.40. The third kappa shape index (κ3) is 4.41. The molecule has 21 heavy (non-hydrogen) atoms. The zero-order valence-electron chi connectivity index (χ0n) is 11.3. The fraction of sp³-hybridized carbons (Fsp3) is 0.214. The number of amides is 1. The number of carbonyl (C=O) groups excluding carboxylic acids is 2. The Hall–Kier alpha value is -2.70. The molecule has 2 aromatic rings. The smallest absolute Gasteiger partial charge is 0.310 e. The first kappa shape index (κ1) is 14.7. The van der Waals surface area contributed by atoms with Crippen LogP contribution in [0, 0.1) is 12.7 Å². The van der Waals surface area contributed by atoms with E-state index in [4.69, 9.17) is 9.26 Å². The van der Waals surface area contributed by atoms with Gasteiger partial charge in [-0.15, -0.1) is 0 Å². The highest BCUT2D eigenvalue weighted by molar-refractivity contribution is 5.92. The zero-order valence-corrected chi connectivity index (χ0v) is 11.3. The van der Waals surface area contributed by atoms with Crippen LogP contribution in [0.3, 0.4) is 0 Å². The molecule has 1 aromatic heterocycles. The fourth-order valence-corrected chi connectivity index (χ4v) is 1.60. The van der Waals surface area contributed by atoms with Crippen molar-refractivity contribution in [3.05, 3.63) is 47.5 Å². The van der Waals surface area contributed by atoms with Gasteiger partial charge in [0.2, 0.25) is 0 Å². The van der Waals surface area contributed by atoms with Crippen LogP contribution in [0.15, 0.2) is 34.9 Å². The third-order valence-corrected chi connectivity index (χ3v) is 2.55. The van der Waals surface area contributed by atoms with Gasteiger partial charge >= 0.3 is 5.97 Å². The number of nitrogens with zero attached hydrogens (tertiary/aromatic N) is 1. The van der Waals surface area contributed by atoms with Crippen LogP contribution in [0.4, 0.5) is 10.2 Å². The molecule has 7 heteroatoms. The molecule has 0 atom stereocenters. The first-order chi connectivity index (χ1) is 10.0. The number of ether oxygens (including phenoxy) is 1. The van der Waals surface area contributed by atoms with Crippen molar-refractivity contribution in [3.8, 4) is 0 Å². The van der Waals surface area contributed by atoms with Gasteiger partial charge in [0.05, 0.1) is 6.42 Å². The lowest BCUT2D eigenvalue weighted by Crippen LogP contribution is -2.22. The van der Waals surface area contributed by atoms with Crippen LogP contribution in [-0.2, 0) is 20.7 Å². The van der Waals surface area contributed by atoms with Gasteiger partial charge in [-0.1, -0.05) is 23.4 Å². The van der Waals surface area contributed by atoms with Gasteiger partial charge in [0.25, 0.3) is 5.91 Å². The zero-order chi connectivity index (χ0) is 15.2. The highest BCUT2D eigenvalue weighted by atomic mass is 19.1. The second kappa shape index (κ2) is 6.65. The number of hydrogen-bond acceptors (Lipinski definition) is 5. The van der Waals surface area contributed by atoms with Gasteiger partial charge < -0.3 is 14.6 Å². The third-order valence-electron chi connectivity index (χ3n) is 2.55. The summed E-state index contributed by atoms with van der Waals surface area (Å²) in [6.45, 7) is 1.20. The number of esters is 1. The molecule has 0 saturated carbocycles. The molecular weight excluding hydrogens is 279 g/mol. The van der Waals surface area contributed by atoms with E-state index in [-0.39, 0.29) is 17.8 Å². The van der Waals surface area contributed by atoms with Crippen LogP contribution in [0.25, 0.3) is 0 Å². The fourth-order valence-electron chi connectivity index (χ4n) is 1.60. The van der Waals surface area contributed by atoms with Gasteiger partial charge in [-0.05, 0) is 18.6 Å². The molecule has 0 bridgehead atoms. The largest absolute Gasteiger partial charge is 0.455 e. The monoisotopic (exact) mass is 292 g/mol. The molecule has 0 unspecified atom stereocenters. The summed E-state index contributed by atoms with van der Waals surface area (Å²) < 4.78 is 22.9. The normalized spacial score (nSPS) is 10.2. The topological polar surface area (TPSA) is 81.4 Å². The maximum atomic E-state index is 13.3. The maximum absolute atomic E-state index is 13.3. The van der Waals surface area contributed by atoms with E-state index in [1.54, 1.807) is 13.0 Å². The van der Waals surface area contributed by atoms with Crippen molar-refractivity contribution in [1.82, 2.24) is 5.16 Å². The molecule has 0 spiro atoms. The van der Waals surface area contributed by atoms with Gasteiger partial charge in [-0.2, -0.15) is 0 Å². The van der Waals surface area contributed by atoms with Crippen molar-refractivity contribution in [1.29, 1.82) is 0 Å². The number of nitrogens with one attached hydrogen (secondary N) is 1. The van der Waals surface area contributed by atoms with Gasteiger partial charge in [0.1, 0.15) is 11.6 Å². The summed E-state index contributed by atoms with van der Waals surface area (Å²) in [7, 11) is 0. The molecule has 1 aromatic carbocycles. The van der Waals surface area contributed by atoms with Crippen LogP contribution in [0.2, 0.25) is 0 Å². The average molecular weight is 292 g/mol. The van der Waals surface area contributed by atoms with Gasteiger partial charge in [0, 0.05) is 6.07 Å². The van der Waals surface area contributed by atoms with E-state index in [2.05, 4.69) is 10.5 Å². The van der Waals surface area contributed by atoms with Crippen molar-refractivity contribution in [2.45, 2.75) is 13.3 Å². The summed E-state index contributed by atoms with van der Waals surface area (Å²) >= 11 is 0. The lowest BCUT2D eigenvalue weighted by molar-refractivity contribution is -0.146. The Bertz CT molecular complexity index is 654. The number of aromatic nitrogens is 1. The lowest BCUT2D eigenvalue weighted by Gasteiger charge is -2.05. The molecule has 0 aliphatic heterocycles. The minimum Gasteiger partial charge on any atom is -0.455 e. The molecule has 0 aliphatic rings. The number of carbonyl (C=O) groups is 2. The number of rotatable bonds is 5. The molecule has 0 aliphatic carbocycles. The first-order valence-corrected chi connectivity index (χ1v) is 6.17. The maximum Gasteiger partial charge on any atom is 0.310 e. The molecule has 1 amide bonds. The highest BCUT2D eigenvalue weighted by Gasteiger charge is 2.12. The first-order valence-electron chi connectivity index (χ1n) is 6.17. The summed E-state index contributed by atoms with van der Waals surface area (Å²) in [5.41, 5.74) is 0.218. The summed E-state index contributed by atoms with van der Waals surface area (Å²) in [4.78, 5) is 23.0. The quantitative estimate of drug-likeness (QED) is 0.850. The number of benzene rings is 1. The lowest BCUT2D eigenvalue weighted by atomic mass is 10.1. The SMILES string of the molecule is Cc1cc(NC(=O)COC(=O)Cc2ccccc2F)no1. The summed E-state index contributed by atoms with van der Waals surface area (Å²) in [6.07, 6.45) is -0.233. The van der Waals surface area contributed by atoms with Crippen LogP contribution in [0.5, 0.6) is 0 Å². The molecule has 1 heterocycles. The molecular formula is C14H13FN2O4. The van der Waals surface area contributed by atoms with Crippen LogP contribution >= 0.6 is 0 Å². The Morgan fingerprint density at radius 3 is 2.81 bits per heavy atom. The molecule has 110 valence electrons. The molecule has 0 radical (unpaired) electrons. The van der Waals surface area contributed by atoms with Gasteiger partial charge in [-0.3, -0.25) is 9.59 Å². The molecule has 0 fully saturated rings. The Morgan fingerprint density at radius 2 is 2.14 bits per heavy atom. The minimum absolute atomic E-state index is 0.218. The second-order valence-electron chi connectivity index (χ2n) is 4.30. The van der Waals surface area contributed by atoms with E-state index in [1.165, 1.54) is 24.3 Å². The van der Waals surface area contributed by atoms with Crippen LogP contribution in [-0.4, -0.2) is 23.6 Å². The number of aryl methyl sites for hydroxylation is 1. The number of anilines is 1. The van der Waals surface area contributed by atoms with E-state index in [9.17, 15) is 14.0 Å². The van der Waals surface area contributed by atoms with E-state index in [1.807, 2.05) is 0 Å². The molecule has 2 rings (SSSR count). The second-order valence-corrected chi connectivity index (χ2v) is 4.30. The number of hydrogen-bond donors (Lipinski definition) is 1. The standard InChI is InChI=1S/C14H13FN2O4/c1-9-6-12(17-21-9)16-13(18)8-20-14(19)7-10-4-2-3-5-11(10)15/h2-6H,7-8H2,1H3,(H,16,17,18). The van der Waals surface area contributed by atoms with E-state index in [0.717, 1.165) is 0 Å². The predicted octanol–water partition coefficient (Wildman–Crippen LogP) is 1.85. The summed E-state index contributed by atoms with van der Waals surface area (Å²) in [5.74, 6) is -0.946. The Balaban J connectivity index is 1.78. The van der Waals surface area contributed by atoms with Crippen LogP contribution in [0.1, 0.15) is 11.3 Å². The van der Waals surface area contributed by atoms with Crippen molar-refractivity contribution in [2.24, 2.45) is 0 Å². The van der Waals surface area contributed by atoms with Crippen LogP contribution < -0.4 is 5.32 Å². The predicted molar refractivity (Wildman–Crippen MR) is 70.9 cm³/mol. The molecule has 1 N–H and O–H groups in total. The molecule has 0 saturated heterocycles. The van der Waals surface area contributed by atoms with Gasteiger partial charge in [-0.25, -0.2) is 4.39 Å². The highest BCUT2D eigenvalue weighted by Crippen LogP contribution is 2.08. The Kier molecular flexibility index (Phi) is 4.65. The number of halogens is 1.